The van der Waals surface area contributed by atoms with Crippen LogP contribution in [-0.2, 0) is 25.0 Å². The van der Waals surface area contributed by atoms with Crippen molar-refractivity contribution in [2.24, 2.45) is 0 Å². The summed E-state index contributed by atoms with van der Waals surface area (Å²) in [5, 5.41) is 0. The normalized spacial score (nSPS) is 17.2. The maximum atomic E-state index is 12.9. The van der Waals surface area contributed by atoms with Crippen LogP contribution in [0.5, 0.6) is 0 Å². The highest BCUT2D eigenvalue weighted by Crippen LogP contribution is 2.29. The Balaban J connectivity index is 2.25. The zero-order chi connectivity index (χ0) is 19.7. The van der Waals surface area contributed by atoms with Crippen molar-refractivity contribution >= 4 is 15.9 Å². The predicted octanol–water partition coefficient (Wildman–Crippen LogP) is 2.13. The number of rotatable bonds is 4. The molecule has 1 unspecified atom stereocenters. The first-order valence-electron chi connectivity index (χ1n) is 8.94. The standard InChI is InChI=1S/C19H30N2O4S/c1-13-11-16(19(4,5)6)12-14(2)17(13)26(23,24)20-15(3)18(22)21-7-9-25-10-8-21/h11-12,15,20H,7-10H2,1-6H3. The van der Waals surface area contributed by atoms with Gasteiger partial charge in [-0.2, -0.15) is 4.72 Å². The summed E-state index contributed by atoms with van der Waals surface area (Å²) >= 11 is 0. The Kier molecular flexibility index (Phi) is 6.15. The summed E-state index contributed by atoms with van der Waals surface area (Å²) in [6, 6.07) is 3.01. The molecule has 2 rings (SSSR count). The van der Waals surface area contributed by atoms with E-state index in [2.05, 4.69) is 25.5 Å². The van der Waals surface area contributed by atoms with Gasteiger partial charge in [-0.1, -0.05) is 32.9 Å². The molecule has 0 radical (unpaired) electrons. The molecule has 1 aliphatic heterocycles. The van der Waals surface area contributed by atoms with E-state index in [-0.39, 0.29) is 16.2 Å². The van der Waals surface area contributed by atoms with Gasteiger partial charge in [0, 0.05) is 13.1 Å². The van der Waals surface area contributed by atoms with Crippen LogP contribution in [0, 0.1) is 13.8 Å². The summed E-state index contributed by atoms with van der Waals surface area (Å²) in [4.78, 5) is 14.4. The number of morpholine rings is 1. The molecule has 146 valence electrons. The number of ether oxygens (including phenoxy) is 1. The molecule has 6 nitrogen and oxygen atoms in total. The van der Waals surface area contributed by atoms with Gasteiger partial charge in [-0.15, -0.1) is 0 Å². The lowest BCUT2D eigenvalue weighted by Crippen LogP contribution is -2.50. The average Bonchev–Trinajstić information content (AvgIpc) is 2.52. The molecule has 0 saturated carbocycles. The minimum atomic E-state index is -3.80. The third-order valence-electron chi connectivity index (χ3n) is 4.62. The molecule has 1 atom stereocenters. The molecule has 0 spiro atoms. The van der Waals surface area contributed by atoms with Crippen molar-refractivity contribution in [2.75, 3.05) is 26.3 Å². The highest BCUT2D eigenvalue weighted by Gasteiger charge is 2.29. The first-order valence-corrected chi connectivity index (χ1v) is 10.4. The molecule has 1 fully saturated rings. The van der Waals surface area contributed by atoms with Crippen LogP contribution >= 0.6 is 0 Å². The molecule has 0 bridgehead atoms. The molecular weight excluding hydrogens is 352 g/mol. The van der Waals surface area contributed by atoms with Crippen LogP contribution in [0.1, 0.15) is 44.4 Å². The first-order chi connectivity index (χ1) is 11.9. The first kappa shape index (κ1) is 20.9. The molecule has 1 aliphatic rings. The Morgan fingerprint density at radius 3 is 2.12 bits per heavy atom. The average molecular weight is 383 g/mol. The van der Waals surface area contributed by atoms with Crippen molar-refractivity contribution in [1.82, 2.24) is 9.62 Å². The van der Waals surface area contributed by atoms with Crippen molar-refractivity contribution in [3.8, 4) is 0 Å². The molecule has 1 amide bonds. The van der Waals surface area contributed by atoms with Gasteiger partial charge in [0.2, 0.25) is 15.9 Å². The summed E-state index contributed by atoms with van der Waals surface area (Å²) < 4.78 is 33.6. The molecule has 7 heteroatoms. The Morgan fingerprint density at radius 2 is 1.65 bits per heavy atom. The smallest absolute Gasteiger partial charge is 0.241 e. The van der Waals surface area contributed by atoms with Crippen molar-refractivity contribution in [3.63, 3.8) is 0 Å². The van der Waals surface area contributed by atoms with Gasteiger partial charge in [0.25, 0.3) is 0 Å². The summed E-state index contributed by atoms with van der Waals surface area (Å²) in [6.07, 6.45) is 0. The van der Waals surface area contributed by atoms with E-state index in [9.17, 15) is 13.2 Å². The van der Waals surface area contributed by atoms with Gasteiger partial charge >= 0.3 is 0 Å². The van der Waals surface area contributed by atoms with Gasteiger partial charge in [-0.05, 0) is 42.9 Å². The van der Waals surface area contributed by atoms with Gasteiger partial charge in [-0.3, -0.25) is 4.79 Å². The van der Waals surface area contributed by atoms with Gasteiger partial charge in [0.05, 0.1) is 24.2 Å². The Hall–Kier alpha value is -1.44. The topological polar surface area (TPSA) is 75.7 Å². The van der Waals surface area contributed by atoms with Crippen molar-refractivity contribution in [2.45, 2.75) is 57.9 Å². The van der Waals surface area contributed by atoms with E-state index in [1.807, 2.05) is 12.1 Å². The third-order valence-corrected chi connectivity index (χ3v) is 6.47. The number of carbonyl (C=O) groups excluding carboxylic acids is 1. The molecule has 26 heavy (non-hydrogen) atoms. The quantitative estimate of drug-likeness (QED) is 0.866. The summed E-state index contributed by atoms with van der Waals surface area (Å²) in [5.74, 6) is -0.224. The number of hydrogen-bond acceptors (Lipinski definition) is 4. The van der Waals surface area contributed by atoms with E-state index in [1.165, 1.54) is 0 Å². The Bertz CT molecular complexity index is 752. The summed E-state index contributed by atoms with van der Waals surface area (Å²) in [5.41, 5.74) is 2.40. The van der Waals surface area contributed by atoms with E-state index in [0.29, 0.717) is 37.4 Å². The minimum absolute atomic E-state index is 0.0647. The number of benzene rings is 1. The molecule has 0 aromatic heterocycles. The van der Waals surface area contributed by atoms with Gasteiger partial charge in [0.1, 0.15) is 0 Å². The summed E-state index contributed by atoms with van der Waals surface area (Å²) in [6.45, 7) is 13.4. The van der Waals surface area contributed by atoms with E-state index in [0.717, 1.165) is 5.56 Å². The number of sulfonamides is 1. The SMILES string of the molecule is Cc1cc(C(C)(C)C)cc(C)c1S(=O)(=O)NC(C)C(=O)N1CCOCC1. The third kappa shape index (κ3) is 4.64. The van der Waals surface area contributed by atoms with E-state index in [1.54, 1.807) is 25.7 Å². The zero-order valence-electron chi connectivity index (χ0n) is 16.5. The highest BCUT2D eigenvalue weighted by atomic mass is 32.2. The number of nitrogens with zero attached hydrogens (tertiary/aromatic N) is 1. The largest absolute Gasteiger partial charge is 0.378 e. The van der Waals surface area contributed by atoms with E-state index < -0.39 is 16.1 Å². The van der Waals surface area contributed by atoms with Gasteiger partial charge in [-0.25, -0.2) is 8.42 Å². The summed E-state index contributed by atoms with van der Waals surface area (Å²) in [7, 11) is -3.80. The predicted molar refractivity (Wildman–Crippen MR) is 102 cm³/mol. The molecule has 0 aliphatic carbocycles. The number of aryl methyl sites for hydroxylation is 2. The van der Waals surface area contributed by atoms with Crippen LogP contribution in [-0.4, -0.2) is 51.6 Å². The fourth-order valence-corrected chi connectivity index (χ4v) is 4.86. The second-order valence-electron chi connectivity index (χ2n) is 7.97. The fraction of sp³-hybridized carbons (Fsp3) is 0.632. The van der Waals surface area contributed by atoms with Crippen LogP contribution in [0.2, 0.25) is 0 Å². The lowest BCUT2D eigenvalue weighted by atomic mass is 9.85. The van der Waals surface area contributed by atoms with Crippen molar-refractivity contribution < 1.29 is 17.9 Å². The lowest BCUT2D eigenvalue weighted by molar-refractivity contribution is -0.136. The van der Waals surface area contributed by atoms with Gasteiger partial charge < -0.3 is 9.64 Å². The zero-order valence-corrected chi connectivity index (χ0v) is 17.4. The molecule has 1 aromatic carbocycles. The van der Waals surface area contributed by atoms with Crippen LogP contribution in [0.15, 0.2) is 17.0 Å². The van der Waals surface area contributed by atoms with Crippen LogP contribution in [0.4, 0.5) is 0 Å². The van der Waals surface area contributed by atoms with E-state index in [4.69, 9.17) is 4.74 Å². The second kappa shape index (κ2) is 7.66. The maximum Gasteiger partial charge on any atom is 0.241 e. The monoisotopic (exact) mass is 382 g/mol. The van der Waals surface area contributed by atoms with Crippen LogP contribution in [0.3, 0.4) is 0 Å². The van der Waals surface area contributed by atoms with E-state index >= 15 is 0 Å². The molecule has 1 heterocycles. The fourth-order valence-electron chi connectivity index (χ4n) is 3.21. The highest BCUT2D eigenvalue weighted by molar-refractivity contribution is 7.89. The molecule has 1 aromatic rings. The maximum absolute atomic E-state index is 12.9. The van der Waals surface area contributed by atoms with Crippen molar-refractivity contribution in [3.05, 3.63) is 28.8 Å². The number of nitrogens with one attached hydrogen (secondary N) is 1. The van der Waals surface area contributed by atoms with Crippen molar-refractivity contribution in [1.29, 1.82) is 0 Å². The van der Waals surface area contributed by atoms with Crippen LogP contribution in [0.25, 0.3) is 0 Å². The second-order valence-corrected chi connectivity index (χ2v) is 9.62. The minimum Gasteiger partial charge on any atom is -0.378 e. The molecule has 1 N–H and O–H groups in total. The number of carbonyl (C=O) groups is 1. The van der Waals surface area contributed by atoms with Crippen LogP contribution < -0.4 is 4.72 Å². The Labute approximate surface area is 157 Å². The lowest BCUT2D eigenvalue weighted by Gasteiger charge is -2.29. The Morgan fingerprint density at radius 1 is 1.15 bits per heavy atom. The number of hydrogen-bond donors (Lipinski definition) is 1. The number of amides is 1. The van der Waals surface area contributed by atoms with Gasteiger partial charge in [0.15, 0.2) is 0 Å². The molecule has 1 saturated heterocycles. The molecular formula is C19H30N2O4S.